The van der Waals surface area contributed by atoms with E-state index in [-0.39, 0.29) is 5.91 Å². The fourth-order valence-corrected chi connectivity index (χ4v) is 3.15. The third-order valence-corrected chi connectivity index (χ3v) is 4.63. The summed E-state index contributed by atoms with van der Waals surface area (Å²) in [6.45, 7) is 7.12. The summed E-state index contributed by atoms with van der Waals surface area (Å²) in [6, 6.07) is 10.5. The van der Waals surface area contributed by atoms with E-state index in [1.807, 2.05) is 18.2 Å². The number of amides is 1. The predicted molar refractivity (Wildman–Crippen MR) is 102 cm³/mol. The molecule has 1 aliphatic heterocycles. The summed E-state index contributed by atoms with van der Waals surface area (Å²) in [4.78, 5) is 15.3. The van der Waals surface area contributed by atoms with E-state index in [2.05, 4.69) is 42.3 Å². The number of carbonyl (C=O) groups excluding carboxylic acids is 1. The molecule has 1 aliphatic rings. The first-order valence-corrected chi connectivity index (χ1v) is 9.56. The van der Waals surface area contributed by atoms with Gasteiger partial charge in [-0.15, -0.1) is 0 Å². The van der Waals surface area contributed by atoms with E-state index in [9.17, 15) is 4.79 Å². The lowest BCUT2D eigenvalue weighted by molar-refractivity contribution is -0.125. The van der Waals surface area contributed by atoms with Gasteiger partial charge in [0.05, 0.1) is 0 Å². The van der Waals surface area contributed by atoms with Gasteiger partial charge in [-0.05, 0) is 37.8 Å². The molecular weight excluding hydrogens is 296 g/mol. The lowest BCUT2D eigenvalue weighted by Crippen LogP contribution is -2.34. The molecule has 24 heavy (non-hydrogen) atoms. The Kier molecular flexibility index (Phi) is 8.03. The minimum absolute atomic E-state index is 0.191. The summed E-state index contributed by atoms with van der Waals surface area (Å²) in [5.74, 6) is 0.191. The monoisotopic (exact) mass is 328 g/mol. The first kappa shape index (κ1) is 18.7. The van der Waals surface area contributed by atoms with Gasteiger partial charge in [0.15, 0.2) is 0 Å². The van der Waals surface area contributed by atoms with Crippen LogP contribution in [-0.4, -0.2) is 36.5 Å². The first-order valence-electron chi connectivity index (χ1n) is 9.56. The maximum Gasteiger partial charge on any atom is 0.254 e. The van der Waals surface area contributed by atoms with Gasteiger partial charge in [0.1, 0.15) is 0 Å². The summed E-state index contributed by atoms with van der Waals surface area (Å²) < 4.78 is 0. The highest BCUT2D eigenvalue weighted by Gasteiger charge is 2.21. The van der Waals surface area contributed by atoms with Crippen molar-refractivity contribution < 1.29 is 4.79 Å². The molecule has 2 rings (SSSR count). The van der Waals surface area contributed by atoms with Gasteiger partial charge >= 0.3 is 0 Å². The number of nitrogens with one attached hydrogen (secondary N) is 1. The van der Waals surface area contributed by atoms with Crippen LogP contribution >= 0.6 is 0 Å². The molecule has 1 N–H and O–H groups in total. The van der Waals surface area contributed by atoms with Gasteiger partial charge in [0.25, 0.3) is 5.91 Å². The van der Waals surface area contributed by atoms with Gasteiger partial charge in [-0.25, -0.2) is 0 Å². The van der Waals surface area contributed by atoms with Crippen LogP contribution in [0.1, 0.15) is 57.9 Å². The first-order chi connectivity index (χ1) is 11.8. The SMILES string of the molecule is CCCCN(CCCC)C(=O)/C(=C\C1CCCN1)c1ccccc1. The van der Waals surface area contributed by atoms with E-state index < -0.39 is 0 Å². The largest absolute Gasteiger partial charge is 0.339 e. The molecule has 0 saturated carbocycles. The fraction of sp³-hybridized carbons (Fsp3) is 0.571. The van der Waals surface area contributed by atoms with Crippen LogP contribution < -0.4 is 5.32 Å². The number of carbonyl (C=O) groups is 1. The van der Waals surface area contributed by atoms with Crippen molar-refractivity contribution in [3.63, 3.8) is 0 Å². The number of unbranched alkanes of at least 4 members (excludes halogenated alkanes) is 2. The molecule has 1 saturated heterocycles. The summed E-state index contributed by atoms with van der Waals surface area (Å²) >= 11 is 0. The van der Waals surface area contributed by atoms with Gasteiger partial charge in [0, 0.05) is 24.7 Å². The Morgan fingerprint density at radius 2 is 1.83 bits per heavy atom. The molecule has 1 fully saturated rings. The summed E-state index contributed by atoms with van der Waals surface area (Å²) in [6.07, 6.45) is 8.84. The molecule has 1 unspecified atom stereocenters. The van der Waals surface area contributed by atoms with Crippen molar-refractivity contribution in [2.45, 2.75) is 58.4 Å². The molecule has 0 spiro atoms. The van der Waals surface area contributed by atoms with Crippen LogP contribution in [0.2, 0.25) is 0 Å². The zero-order valence-corrected chi connectivity index (χ0v) is 15.3. The molecule has 1 heterocycles. The normalized spacial score (nSPS) is 17.9. The second-order valence-corrected chi connectivity index (χ2v) is 6.65. The molecular formula is C21H32N2O. The van der Waals surface area contributed by atoms with Gasteiger partial charge in [0.2, 0.25) is 0 Å². The quantitative estimate of drug-likeness (QED) is 0.687. The fourth-order valence-electron chi connectivity index (χ4n) is 3.15. The zero-order chi connectivity index (χ0) is 17.2. The Balaban J connectivity index is 2.24. The highest BCUT2D eigenvalue weighted by atomic mass is 16.2. The molecule has 1 amide bonds. The summed E-state index contributed by atoms with van der Waals surface area (Å²) in [7, 11) is 0. The number of benzene rings is 1. The van der Waals surface area contributed by atoms with Crippen LogP contribution in [0.5, 0.6) is 0 Å². The second kappa shape index (κ2) is 10.3. The maximum absolute atomic E-state index is 13.3. The maximum atomic E-state index is 13.3. The molecule has 132 valence electrons. The van der Waals surface area contributed by atoms with Crippen molar-refractivity contribution >= 4 is 11.5 Å². The van der Waals surface area contributed by atoms with E-state index >= 15 is 0 Å². The highest BCUT2D eigenvalue weighted by molar-refractivity contribution is 6.19. The smallest absolute Gasteiger partial charge is 0.254 e. The third-order valence-electron chi connectivity index (χ3n) is 4.63. The van der Waals surface area contributed by atoms with Crippen LogP contribution in [-0.2, 0) is 4.79 Å². The molecule has 0 bridgehead atoms. The predicted octanol–water partition coefficient (Wildman–Crippen LogP) is 4.25. The number of nitrogens with zero attached hydrogens (tertiary/aromatic N) is 1. The van der Waals surface area contributed by atoms with Gasteiger partial charge in [-0.1, -0.05) is 63.1 Å². The van der Waals surface area contributed by atoms with E-state index in [1.165, 1.54) is 6.42 Å². The Bertz CT molecular complexity index is 510. The Morgan fingerprint density at radius 3 is 2.38 bits per heavy atom. The van der Waals surface area contributed by atoms with E-state index in [0.717, 1.165) is 62.9 Å². The highest BCUT2D eigenvalue weighted by Crippen LogP contribution is 2.21. The molecule has 1 aromatic rings. The molecule has 0 aliphatic carbocycles. The molecule has 0 radical (unpaired) electrons. The molecule has 3 heteroatoms. The number of rotatable bonds is 9. The zero-order valence-electron chi connectivity index (χ0n) is 15.3. The van der Waals surface area contributed by atoms with Crippen molar-refractivity contribution in [2.75, 3.05) is 19.6 Å². The molecule has 1 aromatic carbocycles. The van der Waals surface area contributed by atoms with Crippen LogP contribution in [0, 0.1) is 0 Å². The van der Waals surface area contributed by atoms with E-state index in [1.54, 1.807) is 0 Å². The van der Waals surface area contributed by atoms with E-state index in [0.29, 0.717) is 6.04 Å². The topological polar surface area (TPSA) is 32.3 Å². The van der Waals surface area contributed by atoms with E-state index in [4.69, 9.17) is 0 Å². The number of hydrogen-bond donors (Lipinski definition) is 1. The molecule has 3 nitrogen and oxygen atoms in total. The summed E-state index contributed by atoms with van der Waals surface area (Å²) in [5.41, 5.74) is 1.90. The van der Waals surface area contributed by atoms with Gasteiger partial charge in [-0.2, -0.15) is 0 Å². The van der Waals surface area contributed by atoms with Crippen molar-refractivity contribution in [2.24, 2.45) is 0 Å². The van der Waals surface area contributed by atoms with Crippen molar-refractivity contribution in [3.05, 3.63) is 42.0 Å². The lowest BCUT2D eigenvalue weighted by Gasteiger charge is -2.24. The van der Waals surface area contributed by atoms with Crippen molar-refractivity contribution in [1.29, 1.82) is 0 Å². The van der Waals surface area contributed by atoms with Crippen molar-refractivity contribution in [3.8, 4) is 0 Å². The van der Waals surface area contributed by atoms with Crippen LogP contribution in [0.4, 0.5) is 0 Å². The van der Waals surface area contributed by atoms with Crippen LogP contribution in [0.25, 0.3) is 5.57 Å². The Labute approximate surface area is 147 Å². The lowest BCUT2D eigenvalue weighted by atomic mass is 10.0. The molecule has 1 atom stereocenters. The number of hydrogen-bond acceptors (Lipinski definition) is 2. The van der Waals surface area contributed by atoms with Crippen LogP contribution in [0.15, 0.2) is 36.4 Å². The third kappa shape index (κ3) is 5.48. The minimum Gasteiger partial charge on any atom is -0.339 e. The Morgan fingerprint density at radius 1 is 1.17 bits per heavy atom. The standard InChI is InChI=1S/C21H32N2O/c1-3-5-15-23(16-6-4-2)21(24)20(17-19-13-10-14-22-19)18-11-8-7-9-12-18/h7-9,11-12,17,19,22H,3-6,10,13-16H2,1-2H3/b20-17-. The second-order valence-electron chi connectivity index (χ2n) is 6.65. The summed E-state index contributed by atoms with van der Waals surface area (Å²) in [5, 5.41) is 3.49. The average molecular weight is 328 g/mol. The molecule has 0 aromatic heterocycles. The van der Waals surface area contributed by atoms with Crippen LogP contribution in [0.3, 0.4) is 0 Å². The van der Waals surface area contributed by atoms with Gasteiger partial charge < -0.3 is 10.2 Å². The van der Waals surface area contributed by atoms with Gasteiger partial charge in [-0.3, -0.25) is 4.79 Å². The van der Waals surface area contributed by atoms with Crippen molar-refractivity contribution in [1.82, 2.24) is 10.2 Å². The minimum atomic E-state index is 0.191. The Hall–Kier alpha value is -1.61. The average Bonchev–Trinajstić information content (AvgIpc) is 3.13.